The maximum atomic E-state index is 14.3. The van der Waals surface area contributed by atoms with Crippen LogP contribution in [0.15, 0.2) is 110 Å². The van der Waals surface area contributed by atoms with Crippen LogP contribution in [0.5, 0.6) is 0 Å². The van der Waals surface area contributed by atoms with E-state index < -0.39 is 5.67 Å². The topological polar surface area (TPSA) is 28.2 Å². The first-order valence-corrected chi connectivity index (χ1v) is 18.7. The second-order valence-electron chi connectivity index (χ2n) is 13.1. The Bertz CT molecular complexity index is 1210. The normalized spacial score (nSPS) is 16.4. The van der Waals surface area contributed by atoms with E-state index in [0.717, 1.165) is 37.2 Å². The summed E-state index contributed by atoms with van der Waals surface area (Å²) in [6, 6.07) is 2.27. The molecule has 3 nitrogen and oxygen atoms in total. The Labute approximate surface area is 303 Å². The Morgan fingerprint density at radius 3 is 2.20 bits per heavy atom. The third-order valence-corrected chi connectivity index (χ3v) is 8.08. The molecule has 0 amide bonds. The summed E-state index contributed by atoms with van der Waals surface area (Å²) in [6.07, 6.45) is 28.1. The minimum Gasteiger partial charge on any atom is -0.368 e. The van der Waals surface area contributed by atoms with Gasteiger partial charge < -0.3 is 5.32 Å². The van der Waals surface area contributed by atoms with Gasteiger partial charge >= 0.3 is 0 Å². The average molecular weight is 676 g/mol. The van der Waals surface area contributed by atoms with Gasteiger partial charge in [0.25, 0.3) is 0 Å². The second-order valence-corrected chi connectivity index (χ2v) is 13.1. The van der Waals surface area contributed by atoms with Gasteiger partial charge in [-0.3, -0.25) is 9.88 Å². The second kappa shape index (κ2) is 28.6. The zero-order chi connectivity index (χ0) is 37.8. The summed E-state index contributed by atoms with van der Waals surface area (Å²) in [5.41, 5.74) is 6.48. The van der Waals surface area contributed by atoms with Crippen molar-refractivity contribution in [3.63, 3.8) is 0 Å². The molecular weight excluding hydrogens is 602 g/mol. The number of hydrogen-bond acceptors (Lipinski definition) is 3. The van der Waals surface area contributed by atoms with E-state index in [1.165, 1.54) is 34.3 Å². The monoisotopic (exact) mass is 676 g/mol. The quantitative estimate of drug-likeness (QED) is 0.157. The van der Waals surface area contributed by atoms with Crippen molar-refractivity contribution in [1.82, 2.24) is 15.2 Å². The molecule has 1 aromatic rings. The molecule has 0 radical (unpaired) electrons. The van der Waals surface area contributed by atoms with Crippen LogP contribution in [-0.4, -0.2) is 35.7 Å². The van der Waals surface area contributed by atoms with Crippen molar-refractivity contribution >= 4 is 5.57 Å². The van der Waals surface area contributed by atoms with Crippen LogP contribution in [0, 0.1) is 11.8 Å². The first kappa shape index (κ1) is 47.9. The molecule has 1 aromatic heterocycles. The summed E-state index contributed by atoms with van der Waals surface area (Å²) in [6.45, 7) is 35.5. The van der Waals surface area contributed by atoms with E-state index in [-0.39, 0.29) is 0 Å². The number of nitrogens with zero attached hydrogens (tertiary/aromatic N) is 2. The van der Waals surface area contributed by atoms with Gasteiger partial charge in [0.2, 0.25) is 0 Å². The molecule has 1 saturated heterocycles. The number of nitrogens with one attached hydrogen (secondary N) is 1. The number of hydrogen-bond donors (Lipinski definition) is 1. The first-order valence-electron chi connectivity index (χ1n) is 18.7. The molecule has 4 heteroatoms. The van der Waals surface area contributed by atoms with Crippen molar-refractivity contribution in [1.29, 1.82) is 0 Å². The van der Waals surface area contributed by atoms with Gasteiger partial charge in [-0.05, 0) is 111 Å². The minimum atomic E-state index is -1.05. The number of allylic oxidation sites excluding steroid dienone is 11. The van der Waals surface area contributed by atoms with E-state index >= 15 is 0 Å². The highest BCUT2D eigenvalue weighted by Crippen LogP contribution is 2.32. The van der Waals surface area contributed by atoms with E-state index in [9.17, 15) is 4.39 Å². The lowest BCUT2D eigenvalue weighted by molar-refractivity contribution is -0.0138. The van der Waals surface area contributed by atoms with Crippen LogP contribution in [0.1, 0.15) is 132 Å². The lowest BCUT2D eigenvalue weighted by atomic mass is 9.87. The van der Waals surface area contributed by atoms with Crippen molar-refractivity contribution < 1.29 is 4.39 Å². The van der Waals surface area contributed by atoms with Crippen LogP contribution in [0.25, 0.3) is 5.57 Å². The van der Waals surface area contributed by atoms with E-state index in [4.69, 9.17) is 0 Å². The summed E-state index contributed by atoms with van der Waals surface area (Å²) < 4.78 is 14.3. The van der Waals surface area contributed by atoms with Crippen molar-refractivity contribution in [2.45, 2.75) is 126 Å². The Balaban J connectivity index is 0. The van der Waals surface area contributed by atoms with Gasteiger partial charge in [-0.25, -0.2) is 4.39 Å². The van der Waals surface area contributed by atoms with Gasteiger partial charge in [-0.2, -0.15) is 0 Å². The lowest BCUT2D eigenvalue weighted by Gasteiger charge is -2.42. The Morgan fingerprint density at radius 2 is 1.69 bits per heavy atom. The molecule has 0 saturated carbocycles. The highest BCUT2D eigenvalue weighted by molar-refractivity contribution is 5.82. The van der Waals surface area contributed by atoms with Gasteiger partial charge in [0.05, 0.1) is 0 Å². The molecule has 49 heavy (non-hydrogen) atoms. The van der Waals surface area contributed by atoms with E-state index in [1.54, 1.807) is 6.20 Å². The number of halogens is 1. The van der Waals surface area contributed by atoms with Crippen molar-refractivity contribution in [2.24, 2.45) is 11.8 Å². The Morgan fingerprint density at radius 1 is 1.04 bits per heavy atom. The fourth-order valence-electron chi connectivity index (χ4n) is 5.42. The number of likely N-dealkylation sites (tertiary alicyclic amines) is 1. The molecule has 2 aliphatic rings. The smallest absolute Gasteiger partial charge is 0.140 e. The molecular formula is C45H74FN3. The van der Waals surface area contributed by atoms with Gasteiger partial charge in [0.15, 0.2) is 0 Å². The molecule has 2 atom stereocenters. The highest BCUT2D eigenvalue weighted by Gasteiger charge is 2.41. The number of aromatic nitrogens is 1. The van der Waals surface area contributed by atoms with Crippen molar-refractivity contribution in [3.05, 3.63) is 121 Å². The molecule has 1 aliphatic carbocycles. The molecule has 0 spiro atoms. The third kappa shape index (κ3) is 20.8. The molecule has 0 aromatic carbocycles. The minimum absolute atomic E-state index is 0.464. The maximum Gasteiger partial charge on any atom is 0.140 e. The number of pyridine rings is 1. The largest absolute Gasteiger partial charge is 0.368 e. The summed E-state index contributed by atoms with van der Waals surface area (Å²) in [5, 5.41) is 2.91. The van der Waals surface area contributed by atoms with Crippen LogP contribution in [0.4, 0.5) is 4.39 Å². The van der Waals surface area contributed by atoms with Crippen LogP contribution in [0.2, 0.25) is 0 Å². The number of alkyl halides is 1. The molecule has 2 heterocycles. The standard InChI is InChI=1S/C19H23N.C15H25FN2.C7H14.2C2H6/c1-5-8-14(2)17-11-18(13-20-12-17)19-15(3)9-6-7-10-16(19)4;1-5-13(3)9-14(7-8-17-6-2)10-15(16)11-18(4)12-15;1-4-5-6-7(2)3;2*1-2/h5-6,9-14H,1,7-8H2,2-4H3;6-9,13,17H,2,5,10-12H2,1,3-4H3;4,7H,1,5-6H2,2-3H3;2*1-2H3/b;8-7-,14-9+;;;. The first-order chi connectivity index (χ1) is 23.4. The van der Waals surface area contributed by atoms with E-state index in [2.05, 4.69) is 109 Å². The maximum absolute atomic E-state index is 14.3. The zero-order valence-corrected chi connectivity index (χ0v) is 33.7. The van der Waals surface area contributed by atoms with Crippen LogP contribution in [-0.2, 0) is 0 Å². The molecule has 3 rings (SSSR count). The van der Waals surface area contributed by atoms with E-state index in [0.29, 0.717) is 31.3 Å². The molecule has 1 fully saturated rings. The van der Waals surface area contributed by atoms with E-state index in [1.807, 2.05) is 76.5 Å². The number of rotatable bonds is 14. The third-order valence-electron chi connectivity index (χ3n) is 8.08. The summed E-state index contributed by atoms with van der Waals surface area (Å²) in [4.78, 5) is 6.45. The average Bonchev–Trinajstić information content (AvgIpc) is 3.24. The lowest BCUT2D eigenvalue weighted by Crippen LogP contribution is -2.57. The van der Waals surface area contributed by atoms with Crippen LogP contribution >= 0.6 is 0 Å². The van der Waals surface area contributed by atoms with Crippen molar-refractivity contribution in [3.8, 4) is 0 Å². The summed E-state index contributed by atoms with van der Waals surface area (Å²) in [7, 11) is 1.95. The molecule has 2 unspecified atom stereocenters. The van der Waals surface area contributed by atoms with Crippen LogP contribution in [0.3, 0.4) is 0 Å². The Hall–Kier alpha value is -3.24. The van der Waals surface area contributed by atoms with Crippen LogP contribution < -0.4 is 5.32 Å². The molecule has 276 valence electrons. The highest BCUT2D eigenvalue weighted by atomic mass is 19.1. The van der Waals surface area contributed by atoms with Gasteiger partial charge in [-0.15, -0.1) is 13.2 Å². The van der Waals surface area contributed by atoms with Gasteiger partial charge in [-0.1, -0.05) is 112 Å². The predicted octanol–water partition coefficient (Wildman–Crippen LogP) is 13.4. The fraction of sp³-hybridized carbons (Fsp3) is 0.533. The molecule has 1 N–H and O–H groups in total. The fourth-order valence-corrected chi connectivity index (χ4v) is 5.42. The Kier molecular flexibility index (Phi) is 27.9. The SMILES string of the molecule is C=CCC(C)c1cncc(C2=C(C)C=CCC=C2C)c1.C=CCCC(C)C.C=CN/C=C\C(=C/C(C)CC)CC1(F)CN(C)C1.CC.CC. The molecule has 1 aliphatic heterocycles. The van der Waals surface area contributed by atoms with Crippen molar-refractivity contribution in [2.75, 3.05) is 20.1 Å². The van der Waals surface area contributed by atoms with Gasteiger partial charge in [0.1, 0.15) is 5.67 Å². The zero-order valence-electron chi connectivity index (χ0n) is 33.7. The summed E-state index contributed by atoms with van der Waals surface area (Å²) >= 11 is 0. The predicted molar refractivity (Wildman–Crippen MR) is 221 cm³/mol. The van der Waals surface area contributed by atoms with Gasteiger partial charge in [0, 0.05) is 43.7 Å². The molecule has 0 bridgehead atoms. The summed E-state index contributed by atoms with van der Waals surface area (Å²) in [5.74, 6) is 1.78.